The Morgan fingerprint density at radius 1 is 1.47 bits per heavy atom. The van der Waals surface area contributed by atoms with Crippen LogP contribution in [0.1, 0.15) is 36.1 Å². The van der Waals surface area contributed by atoms with Crippen LogP contribution in [0.15, 0.2) is 6.07 Å². The van der Waals surface area contributed by atoms with Crippen molar-refractivity contribution < 1.29 is 4.74 Å². The zero-order valence-corrected chi connectivity index (χ0v) is 10.6. The summed E-state index contributed by atoms with van der Waals surface area (Å²) >= 11 is 5.07. The first-order valence-corrected chi connectivity index (χ1v) is 6.60. The van der Waals surface area contributed by atoms with Gasteiger partial charge in [-0.25, -0.2) is 4.98 Å². The summed E-state index contributed by atoms with van der Waals surface area (Å²) in [6, 6.07) is 2.07. The van der Waals surface area contributed by atoms with Crippen molar-refractivity contribution in [2.75, 3.05) is 6.61 Å². The molecule has 0 unspecified atom stereocenters. The Morgan fingerprint density at radius 2 is 2.29 bits per heavy atom. The number of hydrogen-bond acceptors (Lipinski definition) is 3. The molecule has 1 heterocycles. The molecule has 2 N–H and O–H groups in total. The highest BCUT2D eigenvalue weighted by atomic mass is 32.1. The molecule has 0 aromatic carbocycles. The minimum absolute atomic E-state index is 0.387. The van der Waals surface area contributed by atoms with Crippen LogP contribution in [-0.2, 0) is 12.8 Å². The molecule has 0 radical (unpaired) electrons. The van der Waals surface area contributed by atoms with Crippen molar-refractivity contribution in [2.24, 2.45) is 11.7 Å². The molecule has 0 atom stereocenters. The Hall–Kier alpha value is -1.16. The molecule has 17 heavy (non-hydrogen) atoms. The Kier molecular flexibility index (Phi) is 2.74. The van der Waals surface area contributed by atoms with Crippen molar-refractivity contribution >= 4 is 17.2 Å². The fourth-order valence-electron chi connectivity index (χ4n) is 2.22. The fraction of sp³-hybridized carbons (Fsp3) is 0.538. The average Bonchev–Trinajstić information content (AvgIpc) is 3.02. The summed E-state index contributed by atoms with van der Waals surface area (Å²) in [4.78, 5) is 4.97. The van der Waals surface area contributed by atoms with E-state index in [-0.39, 0.29) is 0 Å². The van der Waals surface area contributed by atoms with Crippen molar-refractivity contribution in [1.82, 2.24) is 4.98 Å². The fourth-order valence-corrected chi connectivity index (χ4v) is 2.37. The first-order valence-electron chi connectivity index (χ1n) is 6.19. The lowest BCUT2D eigenvalue weighted by Gasteiger charge is -2.11. The van der Waals surface area contributed by atoms with Crippen LogP contribution in [0.2, 0.25) is 0 Å². The second-order valence-corrected chi connectivity index (χ2v) is 5.36. The zero-order valence-electron chi connectivity index (χ0n) is 9.74. The van der Waals surface area contributed by atoms with Gasteiger partial charge >= 0.3 is 0 Å². The molecule has 3 nitrogen and oxygen atoms in total. The van der Waals surface area contributed by atoms with E-state index in [1.165, 1.54) is 24.8 Å². The Morgan fingerprint density at radius 3 is 3.00 bits per heavy atom. The van der Waals surface area contributed by atoms with Crippen LogP contribution in [0.3, 0.4) is 0 Å². The lowest BCUT2D eigenvalue weighted by atomic mass is 10.1. The molecule has 4 heteroatoms. The number of thiocarbonyl (C=S) groups is 1. The molecule has 2 aliphatic carbocycles. The van der Waals surface area contributed by atoms with Crippen molar-refractivity contribution in [2.45, 2.75) is 32.1 Å². The molecule has 1 fully saturated rings. The number of hydrogen-bond donors (Lipinski definition) is 1. The van der Waals surface area contributed by atoms with Crippen LogP contribution in [0, 0.1) is 5.92 Å². The van der Waals surface area contributed by atoms with Crippen molar-refractivity contribution in [3.8, 4) is 5.88 Å². The van der Waals surface area contributed by atoms with Gasteiger partial charge in [0.2, 0.25) is 5.88 Å². The molecule has 2 aliphatic rings. The highest BCUT2D eigenvalue weighted by Crippen LogP contribution is 2.31. The minimum Gasteiger partial charge on any atom is -0.477 e. The normalized spacial score (nSPS) is 17.9. The third-order valence-corrected chi connectivity index (χ3v) is 3.65. The predicted octanol–water partition coefficient (Wildman–Crippen LogP) is 1.99. The number of ether oxygens (including phenoxy) is 1. The Labute approximate surface area is 106 Å². The van der Waals surface area contributed by atoms with Crippen LogP contribution in [0.25, 0.3) is 0 Å². The van der Waals surface area contributed by atoms with E-state index in [1.807, 2.05) is 0 Å². The lowest BCUT2D eigenvalue weighted by molar-refractivity contribution is 0.287. The van der Waals surface area contributed by atoms with Crippen molar-refractivity contribution in [3.05, 3.63) is 22.9 Å². The summed E-state index contributed by atoms with van der Waals surface area (Å²) in [5.74, 6) is 1.36. The Bertz CT molecular complexity index is 469. The quantitative estimate of drug-likeness (QED) is 0.828. The summed E-state index contributed by atoms with van der Waals surface area (Å²) in [5, 5.41) is 0. The lowest BCUT2D eigenvalue weighted by Crippen LogP contribution is -2.15. The van der Waals surface area contributed by atoms with E-state index in [2.05, 4.69) is 11.1 Å². The van der Waals surface area contributed by atoms with E-state index in [4.69, 9.17) is 22.7 Å². The van der Waals surface area contributed by atoms with Gasteiger partial charge in [0, 0.05) is 5.69 Å². The van der Waals surface area contributed by atoms with Gasteiger partial charge in [-0.3, -0.25) is 0 Å². The highest BCUT2D eigenvalue weighted by Gasteiger charge is 2.24. The van der Waals surface area contributed by atoms with Gasteiger partial charge in [0.25, 0.3) is 0 Å². The molecule has 0 aliphatic heterocycles. The van der Waals surface area contributed by atoms with Crippen LogP contribution in [-0.4, -0.2) is 16.6 Å². The molecule has 3 rings (SSSR count). The monoisotopic (exact) mass is 248 g/mol. The molecule has 90 valence electrons. The molecular weight excluding hydrogens is 232 g/mol. The molecule has 1 aromatic rings. The zero-order chi connectivity index (χ0) is 11.8. The first-order chi connectivity index (χ1) is 8.24. The van der Waals surface area contributed by atoms with E-state index in [9.17, 15) is 0 Å². The third kappa shape index (κ3) is 2.27. The van der Waals surface area contributed by atoms with Gasteiger partial charge in [-0.05, 0) is 49.7 Å². The maximum absolute atomic E-state index is 5.77. The Balaban J connectivity index is 1.89. The van der Waals surface area contributed by atoms with Gasteiger partial charge in [-0.1, -0.05) is 12.2 Å². The SMILES string of the molecule is NC(=S)c1cc2c(nc1OCC1CC1)CCC2. The molecule has 0 bridgehead atoms. The topological polar surface area (TPSA) is 48.1 Å². The second kappa shape index (κ2) is 4.26. The summed E-state index contributed by atoms with van der Waals surface area (Å²) in [7, 11) is 0. The van der Waals surface area contributed by atoms with E-state index in [1.54, 1.807) is 0 Å². The highest BCUT2D eigenvalue weighted by molar-refractivity contribution is 7.80. The third-order valence-electron chi connectivity index (χ3n) is 3.43. The van der Waals surface area contributed by atoms with Gasteiger partial charge < -0.3 is 10.5 Å². The summed E-state index contributed by atoms with van der Waals surface area (Å²) in [6.45, 7) is 0.751. The van der Waals surface area contributed by atoms with E-state index < -0.39 is 0 Å². The molecule has 1 aromatic heterocycles. The molecule has 0 amide bonds. The van der Waals surface area contributed by atoms with Crippen LogP contribution < -0.4 is 10.5 Å². The molecular formula is C13H16N2OS. The molecule has 0 saturated heterocycles. The van der Waals surface area contributed by atoms with Gasteiger partial charge in [-0.2, -0.15) is 0 Å². The maximum Gasteiger partial charge on any atom is 0.224 e. The molecule has 0 spiro atoms. The number of rotatable bonds is 4. The van der Waals surface area contributed by atoms with E-state index in [0.717, 1.165) is 30.7 Å². The number of pyridine rings is 1. The minimum atomic E-state index is 0.387. The van der Waals surface area contributed by atoms with Crippen LogP contribution >= 0.6 is 12.2 Å². The maximum atomic E-state index is 5.77. The van der Waals surface area contributed by atoms with Crippen LogP contribution in [0.5, 0.6) is 5.88 Å². The average molecular weight is 248 g/mol. The number of aromatic nitrogens is 1. The standard InChI is InChI=1S/C13H16N2OS/c14-12(17)10-6-9-2-1-3-11(9)15-13(10)16-7-8-4-5-8/h6,8H,1-5,7H2,(H2,14,17). The van der Waals surface area contributed by atoms with Gasteiger partial charge in [0.1, 0.15) is 4.99 Å². The number of nitrogens with two attached hydrogens (primary N) is 1. The van der Waals surface area contributed by atoms with Crippen molar-refractivity contribution in [3.63, 3.8) is 0 Å². The van der Waals surface area contributed by atoms with Gasteiger partial charge in [0.05, 0.1) is 12.2 Å². The van der Waals surface area contributed by atoms with Gasteiger partial charge in [-0.15, -0.1) is 0 Å². The van der Waals surface area contributed by atoms with Crippen LogP contribution in [0.4, 0.5) is 0 Å². The van der Waals surface area contributed by atoms with Crippen molar-refractivity contribution in [1.29, 1.82) is 0 Å². The smallest absolute Gasteiger partial charge is 0.224 e. The number of fused-ring (bicyclic) bond motifs is 1. The largest absolute Gasteiger partial charge is 0.477 e. The second-order valence-electron chi connectivity index (χ2n) is 4.92. The number of nitrogens with zero attached hydrogens (tertiary/aromatic N) is 1. The predicted molar refractivity (Wildman–Crippen MR) is 70.4 cm³/mol. The van der Waals surface area contributed by atoms with E-state index >= 15 is 0 Å². The summed E-state index contributed by atoms with van der Waals surface area (Å²) in [5.41, 5.74) is 9.00. The van der Waals surface area contributed by atoms with E-state index in [0.29, 0.717) is 16.8 Å². The number of aryl methyl sites for hydroxylation is 2. The van der Waals surface area contributed by atoms with Gasteiger partial charge in [0.15, 0.2) is 0 Å². The molecule has 1 saturated carbocycles. The first kappa shape index (κ1) is 11.0. The summed E-state index contributed by atoms with van der Waals surface area (Å²) in [6.07, 6.45) is 5.85. The summed E-state index contributed by atoms with van der Waals surface area (Å²) < 4.78 is 5.77.